The SMILES string of the molecule is COc1cc2c(c(C(c3ccccc3)(c3ccccc3)c3ccccc3)c1)NC(C)(C)C=C2C. The third kappa shape index (κ3) is 3.60. The van der Waals surface area contributed by atoms with Crippen molar-refractivity contribution in [2.75, 3.05) is 12.4 Å². The van der Waals surface area contributed by atoms with Crippen molar-refractivity contribution in [2.24, 2.45) is 0 Å². The zero-order valence-corrected chi connectivity index (χ0v) is 20.3. The van der Waals surface area contributed by atoms with Gasteiger partial charge in [0, 0.05) is 11.3 Å². The largest absolute Gasteiger partial charge is 0.497 e. The molecule has 1 heterocycles. The smallest absolute Gasteiger partial charge is 0.119 e. The minimum Gasteiger partial charge on any atom is -0.497 e. The molecule has 0 saturated heterocycles. The van der Waals surface area contributed by atoms with Gasteiger partial charge >= 0.3 is 0 Å². The Morgan fingerprint density at radius 1 is 0.706 bits per heavy atom. The highest BCUT2D eigenvalue weighted by atomic mass is 16.5. The number of hydrogen-bond acceptors (Lipinski definition) is 2. The number of hydrogen-bond donors (Lipinski definition) is 1. The van der Waals surface area contributed by atoms with Crippen LogP contribution in [0.3, 0.4) is 0 Å². The maximum Gasteiger partial charge on any atom is 0.119 e. The lowest BCUT2D eigenvalue weighted by atomic mass is 9.64. The van der Waals surface area contributed by atoms with E-state index in [-0.39, 0.29) is 5.54 Å². The lowest BCUT2D eigenvalue weighted by Crippen LogP contribution is -2.37. The molecule has 0 spiro atoms. The Morgan fingerprint density at radius 3 is 1.62 bits per heavy atom. The molecule has 2 nitrogen and oxygen atoms in total. The molecule has 0 aliphatic carbocycles. The van der Waals surface area contributed by atoms with Crippen molar-refractivity contribution in [3.05, 3.63) is 137 Å². The van der Waals surface area contributed by atoms with Crippen LogP contribution in [0, 0.1) is 0 Å². The number of allylic oxidation sites excluding steroid dienone is 1. The number of benzene rings is 4. The van der Waals surface area contributed by atoms with E-state index in [0.717, 1.165) is 11.4 Å². The van der Waals surface area contributed by atoms with E-state index in [1.807, 2.05) is 0 Å². The molecule has 0 atom stereocenters. The fraction of sp³-hybridized carbons (Fsp3) is 0.188. The quantitative estimate of drug-likeness (QED) is 0.318. The van der Waals surface area contributed by atoms with E-state index in [0.29, 0.717) is 0 Å². The minimum absolute atomic E-state index is 0.170. The van der Waals surface area contributed by atoms with Crippen molar-refractivity contribution in [3.8, 4) is 5.75 Å². The van der Waals surface area contributed by atoms with E-state index in [4.69, 9.17) is 4.74 Å². The van der Waals surface area contributed by atoms with Gasteiger partial charge in [-0.1, -0.05) is 97.1 Å². The highest BCUT2D eigenvalue weighted by molar-refractivity contribution is 5.86. The van der Waals surface area contributed by atoms with Crippen LogP contribution >= 0.6 is 0 Å². The van der Waals surface area contributed by atoms with Crippen LogP contribution in [0.4, 0.5) is 5.69 Å². The van der Waals surface area contributed by atoms with Crippen molar-refractivity contribution >= 4 is 11.3 Å². The summed E-state index contributed by atoms with van der Waals surface area (Å²) in [6.45, 7) is 6.64. The summed E-state index contributed by atoms with van der Waals surface area (Å²) in [5.74, 6) is 0.857. The first-order valence-corrected chi connectivity index (χ1v) is 11.8. The van der Waals surface area contributed by atoms with Gasteiger partial charge in [-0.2, -0.15) is 0 Å². The first-order valence-electron chi connectivity index (χ1n) is 11.8. The molecule has 5 rings (SSSR count). The topological polar surface area (TPSA) is 21.3 Å². The van der Waals surface area contributed by atoms with Crippen LogP contribution in [0.25, 0.3) is 5.57 Å². The van der Waals surface area contributed by atoms with Gasteiger partial charge in [0.1, 0.15) is 5.75 Å². The maximum absolute atomic E-state index is 5.87. The van der Waals surface area contributed by atoms with Gasteiger partial charge in [-0.15, -0.1) is 0 Å². The average molecular weight is 446 g/mol. The molecule has 0 aromatic heterocycles. The Balaban J connectivity index is 1.98. The zero-order valence-electron chi connectivity index (χ0n) is 20.3. The number of nitrogens with one attached hydrogen (secondary N) is 1. The monoisotopic (exact) mass is 445 g/mol. The molecule has 0 fully saturated rings. The number of ether oxygens (including phenoxy) is 1. The normalized spacial score (nSPS) is 14.5. The molecule has 1 aliphatic rings. The molecule has 0 unspecified atom stereocenters. The Hall–Kier alpha value is -3.78. The summed E-state index contributed by atoms with van der Waals surface area (Å²) in [5, 5.41) is 3.87. The van der Waals surface area contributed by atoms with E-state index in [2.05, 4.69) is 135 Å². The van der Waals surface area contributed by atoms with Gasteiger partial charge in [0.15, 0.2) is 0 Å². The van der Waals surface area contributed by atoms with Crippen molar-refractivity contribution in [3.63, 3.8) is 0 Å². The third-order valence-corrected chi connectivity index (χ3v) is 6.82. The Bertz CT molecular complexity index is 1230. The lowest BCUT2D eigenvalue weighted by Gasteiger charge is -2.41. The van der Waals surface area contributed by atoms with Gasteiger partial charge in [0.05, 0.1) is 18.1 Å². The molecule has 0 radical (unpaired) electrons. The number of methoxy groups -OCH3 is 1. The molecule has 1 N–H and O–H groups in total. The molecule has 0 amide bonds. The highest BCUT2D eigenvalue weighted by Gasteiger charge is 2.42. The summed E-state index contributed by atoms with van der Waals surface area (Å²) in [4.78, 5) is 0. The van der Waals surface area contributed by atoms with Crippen molar-refractivity contribution in [1.82, 2.24) is 0 Å². The number of fused-ring (bicyclic) bond motifs is 1. The molecule has 4 aromatic rings. The summed E-state index contributed by atoms with van der Waals surface area (Å²) >= 11 is 0. The summed E-state index contributed by atoms with van der Waals surface area (Å²) in [6.07, 6.45) is 2.30. The lowest BCUT2D eigenvalue weighted by molar-refractivity contribution is 0.413. The van der Waals surface area contributed by atoms with Gasteiger partial charge in [0.2, 0.25) is 0 Å². The van der Waals surface area contributed by atoms with Gasteiger partial charge in [0.25, 0.3) is 0 Å². The first-order chi connectivity index (χ1) is 16.5. The third-order valence-electron chi connectivity index (χ3n) is 6.82. The van der Waals surface area contributed by atoms with E-state index >= 15 is 0 Å². The van der Waals surface area contributed by atoms with Crippen LogP contribution in [0.2, 0.25) is 0 Å². The van der Waals surface area contributed by atoms with Gasteiger partial charge in [-0.05, 0) is 60.7 Å². The van der Waals surface area contributed by atoms with E-state index in [1.165, 1.54) is 33.4 Å². The number of anilines is 1. The Kier molecular flexibility index (Phi) is 5.53. The van der Waals surface area contributed by atoms with E-state index in [9.17, 15) is 0 Å². The summed E-state index contributed by atoms with van der Waals surface area (Å²) in [6, 6.07) is 36.8. The van der Waals surface area contributed by atoms with Crippen molar-refractivity contribution in [1.29, 1.82) is 0 Å². The zero-order chi connectivity index (χ0) is 23.8. The molecular weight excluding hydrogens is 414 g/mol. The molecule has 1 aliphatic heterocycles. The maximum atomic E-state index is 5.87. The van der Waals surface area contributed by atoms with Gasteiger partial charge in [-0.25, -0.2) is 0 Å². The Labute approximate surface area is 202 Å². The number of rotatable bonds is 5. The standard InChI is InChI=1S/C32H31NO/c1-23-22-31(2,3)33-30-28(23)20-27(34-4)21-29(30)32(24-14-8-5-9-15-24,25-16-10-6-11-17-25)26-18-12-7-13-19-26/h5-22,33H,1-4H3. The predicted octanol–water partition coefficient (Wildman–Crippen LogP) is 7.69. The second-order valence-electron chi connectivity index (χ2n) is 9.62. The first kappa shape index (κ1) is 22.0. The van der Waals surface area contributed by atoms with Crippen molar-refractivity contribution in [2.45, 2.75) is 31.7 Å². The van der Waals surface area contributed by atoms with Crippen LogP contribution in [0.15, 0.2) is 109 Å². The molecule has 34 heavy (non-hydrogen) atoms. The van der Waals surface area contributed by atoms with Crippen LogP contribution in [-0.2, 0) is 5.41 Å². The highest BCUT2D eigenvalue weighted by Crippen LogP contribution is 2.51. The van der Waals surface area contributed by atoms with E-state index in [1.54, 1.807) is 7.11 Å². The molecule has 2 heteroatoms. The molecule has 170 valence electrons. The second kappa shape index (κ2) is 8.53. The predicted molar refractivity (Wildman–Crippen MR) is 143 cm³/mol. The minimum atomic E-state index is -0.539. The average Bonchev–Trinajstić information content (AvgIpc) is 2.86. The fourth-order valence-corrected chi connectivity index (χ4v) is 5.48. The second-order valence-corrected chi connectivity index (χ2v) is 9.62. The fourth-order valence-electron chi connectivity index (χ4n) is 5.48. The van der Waals surface area contributed by atoms with Crippen molar-refractivity contribution < 1.29 is 4.74 Å². The summed E-state index contributed by atoms with van der Waals surface area (Å²) in [7, 11) is 1.75. The van der Waals surface area contributed by atoms with E-state index < -0.39 is 5.41 Å². The molecule has 0 saturated carbocycles. The molecular formula is C32H31NO. The Morgan fingerprint density at radius 2 is 1.18 bits per heavy atom. The van der Waals surface area contributed by atoms with Gasteiger partial charge < -0.3 is 10.1 Å². The van der Waals surface area contributed by atoms with Crippen LogP contribution < -0.4 is 10.1 Å². The van der Waals surface area contributed by atoms with Crippen LogP contribution in [0.1, 0.15) is 48.6 Å². The summed E-state index contributed by atoms with van der Waals surface area (Å²) < 4.78 is 5.87. The molecule has 4 aromatic carbocycles. The van der Waals surface area contributed by atoms with Crippen LogP contribution in [0.5, 0.6) is 5.75 Å². The van der Waals surface area contributed by atoms with Gasteiger partial charge in [-0.3, -0.25) is 0 Å². The van der Waals surface area contributed by atoms with Crippen LogP contribution in [-0.4, -0.2) is 12.6 Å². The molecule has 0 bridgehead atoms. The summed E-state index contributed by atoms with van der Waals surface area (Å²) in [5.41, 5.74) is 7.72.